The number of carbonyl (C=O) groups is 1. The molecule has 40 heavy (non-hydrogen) atoms. The molecule has 2 aliphatic carbocycles. The summed E-state index contributed by atoms with van der Waals surface area (Å²) in [5.74, 6) is 1.74. The summed E-state index contributed by atoms with van der Waals surface area (Å²) < 4.78 is 6.18. The van der Waals surface area contributed by atoms with Crippen LogP contribution in [-0.4, -0.2) is 48.7 Å². The Morgan fingerprint density at radius 3 is 2.70 bits per heavy atom. The first kappa shape index (κ1) is 26.8. The molecular formula is C33H37ClN4O2. The molecule has 7 heteroatoms. The maximum atomic E-state index is 12.8. The fraction of sp³-hybridized carbons (Fsp3) is 0.424. The Morgan fingerprint density at radius 2 is 2.00 bits per heavy atom. The average molecular weight is 557 g/mol. The molecule has 0 bridgehead atoms. The van der Waals surface area contributed by atoms with Crippen molar-refractivity contribution in [2.45, 2.75) is 63.8 Å². The maximum absolute atomic E-state index is 12.8. The van der Waals surface area contributed by atoms with Crippen LogP contribution < -0.4 is 10.5 Å². The van der Waals surface area contributed by atoms with E-state index < -0.39 is 0 Å². The number of aryl methyl sites for hydroxylation is 1. The summed E-state index contributed by atoms with van der Waals surface area (Å²) in [5.41, 5.74) is 14.8. The molecule has 2 fully saturated rings. The second-order valence-corrected chi connectivity index (χ2v) is 12.3. The van der Waals surface area contributed by atoms with Gasteiger partial charge in [0.15, 0.2) is 0 Å². The number of pyridine rings is 1. The molecule has 2 N–H and O–H groups in total. The summed E-state index contributed by atoms with van der Waals surface area (Å²) in [7, 11) is 3.46. The number of amides is 1. The Bertz CT molecular complexity index is 1510. The van der Waals surface area contributed by atoms with Gasteiger partial charge in [0.25, 0.3) is 5.91 Å². The number of anilines is 1. The van der Waals surface area contributed by atoms with E-state index in [1.54, 1.807) is 25.1 Å². The molecule has 2 atom stereocenters. The van der Waals surface area contributed by atoms with Crippen LogP contribution in [0.1, 0.15) is 82.7 Å². The SMILES string of the molecule is Cc1cc(CC(c2cc3c(c(-c4cccc(C(=O)N(C)C)c4Cl)n2)OCC3C)C2CC2)cc(C=NC2CC2)c1N. The van der Waals surface area contributed by atoms with E-state index in [4.69, 9.17) is 32.0 Å². The van der Waals surface area contributed by atoms with Crippen LogP contribution in [0.25, 0.3) is 11.3 Å². The lowest BCUT2D eigenvalue weighted by Crippen LogP contribution is -2.22. The van der Waals surface area contributed by atoms with Gasteiger partial charge in [0.2, 0.25) is 0 Å². The van der Waals surface area contributed by atoms with E-state index in [1.807, 2.05) is 18.3 Å². The number of nitrogens with two attached hydrogens (primary N) is 1. The first-order valence-corrected chi connectivity index (χ1v) is 14.7. The molecule has 2 heterocycles. The number of carbonyl (C=O) groups excluding carboxylic acids is 1. The van der Waals surface area contributed by atoms with Gasteiger partial charge >= 0.3 is 0 Å². The van der Waals surface area contributed by atoms with Crippen molar-refractivity contribution in [3.63, 3.8) is 0 Å². The minimum Gasteiger partial charge on any atom is -0.490 e. The van der Waals surface area contributed by atoms with Crippen LogP contribution in [0.2, 0.25) is 5.02 Å². The zero-order valence-corrected chi connectivity index (χ0v) is 24.5. The number of benzene rings is 2. The van der Waals surface area contributed by atoms with Gasteiger partial charge in [0.05, 0.1) is 23.2 Å². The van der Waals surface area contributed by atoms with Gasteiger partial charge in [-0.1, -0.05) is 36.7 Å². The third-order valence-electron chi connectivity index (χ3n) is 8.40. The molecule has 1 amide bonds. The summed E-state index contributed by atoms with van der Waals surface area (Å²) in [6.45, 7) is 4.87. The number of nitrogens with zero attached hydrogens (tertiary/aromatic N) is 3. The minimum absolute atomic E-state index is 0.135. The maximum Gasteiger partial charge on any atom is 0.254 e. The van der Waals surface area contributed by atoms with E-state index in [0.29, 0.717) is 29.2 Å². The highest BCUT2D eigenvalue weighted by Crippen LogP contribution is 2.49. The predicted octanol–water partition coefficient (Wildman–Crippen LogP) is 6.81. The van der Waals surface area contributed by atoms with Gasteiger partial charge in [-0.05, 0) is 74.3 Å². The summed E-state index contributed by atoms with van der Waals surface area (Å²) in [6, 6.07) is 12.7. The normalized spacial score (nSPS) is 19.0. The third-order valence-corrected chi connectivity index (χ3v) is 8.80. The lowest BCUT2D eigenvalue weighted by Gasteiger charge is -2.21. The van der Waals surface area contributed by atoms with E-state index in [0.717, 1.165) is 51.5 Å². The second kappa shape index (κ2) is 10.5. The van der Waals surface area contributed by atoms with Crippen LogP contribution in [0, 0.1) is 12.8 Å². The fourth-order valence-corrected chi connectivity index (χ4v) is 5.98. The molecule has 1 aromatic heterocycles. The van der Waals surface area contributed by atoms with E-state index >= 15 is 0 Å². The van der Waals surface area contributed by atoms with Gasteiger partial charge in [0, 0.05) is 60.2 Å². The van der Waals surface area contributed by atoms with E-state index in [1.165, 1.54) is 31.2 Å². The van der Waals surface area contributed by atoms with E-state index in [9.17, 15) is 4.79 Å². The van der Waals surface area contributed by atoms with Crippen molar-refractivity contribution in [3.8, 4) is 17.0 Å². The Balaban J connectivity index is 1.42. The van der Waals surface area contributed by atoms with Crippen LogP contribution >= 0.6 is 11.6 Å². The third kappa shape index (κ3) is 5.22. The standard InChI is InChI=1S/C33H37ClN4O2/c1-18-12-20(13-22(30(18)35)16-36-23-10-11-23)14-27(21-8-9-21)28-15-26-19(2)17-40-32(26)31(37-28)24-6-5-7-25(29(24)34)33(39)38(3)4/h5-7,12-13,15-16,19,21,23,27H,8-11,14,17,35H2,1-4H3. The van der Waals surface area contributed by atoms with Gasteiger partial charge < -0.3 is 15.4 Å². The van der Waals surface area contributed by atoms with Gasteiger partial charge in [-0.2, -0.15) is 0 Å². The zero-order chi connectivity index (χ0) is 28.1. The summed E-state index contributed by atoms with van der Waals surface area (Å²) in [5, 5.41) is 0.410. The average Bonchev–Trinajstić information content (AvgIpc) is 3.87. The van der Waals surface area contributed by atoms with Gasteiger partial charge in [-0.25, -0.2) is 4.98 Å². The molecule has 0 radical (unpaired) electrons. The van der Waals surface area contributed by atoms with Gasteiger partial charge in [-0.15, -0.1) is 0 Å². The van der Waals surface area contributed by atoms with Crippen molar-refractivity contribution in [1.29, 1.82) is 0 Å². The predicted molar refractivity (Wildman–Crippen MR) is 162 cm³/mol. The Morgan fingerprint density at radius 1 is 1.23 bits per heavy atom. The molecule has 3 aliphatic rings. The minimum atomic E-state index is -0.135. The van der Waals surface area contributed by atoms with Crippen LogP contribution in [-0.2, 0) is 6.42 Å². The summed E-state index contributed by atoms with van der Waals surface area (Å²) >= 11 is 6.90. The van der Waals surface area contributed by atoms with Crippen molar-refractivity contribution < 1.29 is 9.53 Å². The number of aliphatic imine (C=N–C) groups is 1. The van der Waals surface area contributed by atoms with Crippen LogP contribution in [0.15, 0.2) is 41.4 Å². The molecular weight excluding hydrogens is 520 g/mol. The van der Waals surface area contributed by atoms with Crippen LogP contribution in [0.5, 0.6) is 5.75 Å². The molecule has 0 saturated heterocycles. The summed E-state index contributed by atoms with van der Waals surface area (Å²) in [6.07, 6.45) is 7.57. The van der Waals surface area contributed by atoms with Crippen molar-refractivity contribution in [2.75, 3.05) is 26.4 Å². The van der Waals surface area contributed by atoms with Crippen LogP contribution in [0.3, 0.4) is 0 Å². The molecule has 2 unspecified atom stereocenters. The number of rotatable bonds is 8. The lowest BCUT2D eigenvalue weighted by atomic mass is 9.87. The largest absolute Gasteiger partial charge is 0.490 e. The quantitative estimate of drug-likeness (QED) is 0.244. The number of hydrogen-bond donors (Lipinski definition) is 1. The first-order chi connectivity index (χ1) is 19.2. The van der Waals surface area contributed by atoms with E-state index in [-0.39, 0.29) is 17.7 Å². The van der Waals surface area contributed by atoms with Crippen LogP contribution in [0.4, 0.5) is 5.69 Å². The number of hydrogen-bond acceptors (Lipinski definition) is 5. The molecule has 2 saturated carbocycles. The molecule has 1 aliphatic heterocycles. The van der Waals surface area contributed by atoms with Gasteiger partial charge in [0.1, 0.15) is 11.4 Å². The van der Waals surface area contributed by atoms with Crippen molar-refractivity contribution in [1.82, 2.24) is 9.88 Å². The van der Waals surface area contributed by atoms with E-state index in [2.05, 4.69) is 32.0 Å². The number of halogens is 1. The number of ether oxygens (including phenoxy) is 1. The zero-order valence-electron chi connectivity index (χ0n) is 23.7. The molecule has 6 rings (SSSR count). The molecule has 0 spiro atoms. The molecule has 3 aromatic rings. The Hall–Kier alpha value is -3.38. The first-order valence-electron chi connectivity index (χ1n) is 14.3. The topological polar surface area (TPSA) is 80.8 Å². The monoisotopic (exact) mass is 556 g/mol. The van der Waals surface area contributed by atoms with Crippen molar-refractivity contribution >= 4 is 29.4 Å². The molecule has 2 aromatic carbocycles. The number of aromatic nitrogens is 1. The lowest BCUT2D eigenvalue weighted by molar-refractivity contribution is 0.0828. The van der Waals surface area contributed by atoms with Gasteiger partial charge in [-0.3, -0.25) is 9.79 Å². The number of nitrogen functional groups attached to an aromatic ring is 1. The molecule has 208 valence electrons. The summed E-state index contributed by atoms with van der Waals surface area (Å²) in [4.78, 5) is 24.3. The highest BCUT2D eigenvalue weighted by atomic mass is 35.5. The highest BCUT2D eigenvalue weighted by molar-refractivity contribution is 6.36. The molecule has 6 nitrogen and oxygen atoms in total. The van der Waals surface area contributed by atoms with Crippen molar-refractivity contribution in [3.05, 3.63) is 74.9 Å². The smallest absolute Gasteiger partial charge is 0.254 e. The Kier molecular flexibility index (Phi) is 7.07. The Labute approximate surface area is 241 Å². The number of fused-ring (bicyclic) bond motifs is 1. The van der Waals surface area contributed by atoms with Crippen molar-refractivity contribution in [2.24, 2.45) is 10.9 Å². The second-order valence-electron chi connectivity index (χ2n) is 12.0. The highest BCUT2D eigenvalue weighted by Gasteiger charge is 2.36. The fourth-order valence-electron chi connectivity index (χ4n) is 5.68.